The van der Waals surface area contributed by atoms with Crippen molar-refractivity contribution in [2.75, 3.05) is 0 Å². The third-order valence-corrected chi connectivity index (χ3v) is 3.74. The van der Waals surface area contributed by atoms with Gasteiger partial charge in [-0.3, -0.25) is 0 Å². The third-order valence-electron chi connectivity index (χ3n) is 3.21. The normalized spacial score (nSPS) is 20.9. The second-order valence-corrected chi connectivity index (χ2v) is 5.43. The zero-order valence-electron chi connectivity index (χ0n) is 8.17. The molecule has 0 unspecified atom stereocenters. The SMILES string of the molecule is Brc1ccc([C+](C2CC2)C2CC2)cc1. The Morgan fingerprint density at radius 2 is 1.43 bits per heavy atom. The van der Waals surface area contributed by atoms with Crippen LogP contribution in [-0.2, 0) is 0 Å². The van der Waals surface area contributed by atoms with Crippen LogP contribution >= 0.6 is 15.9 Å². The average Bonchev–Trinajstić information content (AvgIpc) is 3.00. The van der Waals surface area contributed by atoms with Gasteiger partial charge in [-0.15, -0.1) is 0 Å². The van der Waals surface area contributed by atoms with Crippen LogP contribution in [0.15, 0.2) is 28.7 Å². The first-order valence-electron chi connectivity index (χ1n) is 5.47. The number of hydrogen-bond acceptors (Lipinski definition) is 0. The van der Waals surface area contributed by atoms with E-state index in [9.17, 15) is 0 Å². The summed E-state index contributed by atoms with van der Waals surface area (Å²) in [6, 6.07) is 8.88. The molecule has 2 aliphatic rings. The van der Waals surface area contributed by atoms with Crippen molar-refractivity contribution >= 4 is 15.9 Å². The van der Waals surface area contributed by atoms with Gasteiger partial charge in [-0.1, -0.05) is 0 Å². The van der Waals surface area contributed by atoms with Gasteiger partial charge in [0.2, 0.25) is 0 Å². The van der Waals surface area contributed by atoms with Crippen molar-refractivity contribution in [3.05, 3.63) is 40.2 Å². The smallest absolute Gasteiger partial charge is 0.0483 e. The largest absolute Gasteiger partial charge is 0.133 e. The lowest BCUT2D eigenvalue weighted by Gasteiger charge is -2.07. The van der Waals surface area contributed by atoms with Crippen LogP contribution in [0.4, 0.5) is 0 Å². The van der Waals surface area contributed by atoms with Crippen molar-refractivity contribution < 1.29 is 0 Å². The van der Waals surface area contributed by atoms with Gasteiger partial charge in [0.05, 0.1) is 0 Å². The van der Waals surface area contributed by atoms with Gasteiger partial charge < -0.3 is 0 Å². The van der Waals surface area contributed by atoms with Gasteiger partial charge in [0.15, 0.2) is 0 Å². The molecule has 1 aromatic rings. The molecule has 1 heteroatoms. The fourth-order valence-corrected chi connectivity index (χ4v) is 2.50. The van der Waals surface area contributed by atoms with Crippen molar-refractivity contribution in [3.63, 3.8) is 0 Å². The molecule has 3 rings (SSSR count). The highest BCUT2D eigenvalue weighted by Crippen LogP contribution is 2.53. The molecule has 0 amide bonds. The standard InChI is InChI=1S/C13H14Br/c14-12-7-5-11(6-8-12)13(9-1-2-9)10-3-4-10/h5-10H,1-4H2/q+1. The Morgan fingerprint density at radius 3 is 1.86 bits per heavy atom. The summed E-state index contributed by atoms with van der Waals surface area (Å²) in [4.78, 5) is 0. The number of hydrogen-bond donors (Lipinski definition) is 0. The van der Waals surface area contributed by atoms with Gasteiger partial charge in [0.25, 0.3) is 0 Å². The first kappa shape index (κ1) is 8.84. The minimum absolute atomic E-state index is 0.934. The fourth-order valence-electron chi connectivity index (χ4n) is 2.24. The second kappa shape index (κ2) is 3.30. The first-order valence-corrected chi connectivity index (χ1v) is 6.26. The van der Waals surface area contributed by atoms with Crippen molar-refractivity contribution in [3.8, 4) is 0 Å². The maximum Gasteiger partial charge on any atom is 0.133 e. The number of rotatable bonds is 3. The molecule has 72 valence electrons. The molecule has 2 saturated carbocycles. The van der Waals surface area contributed by atoms with E-state index in [1.165, 1.54) is 35.7 Å². The predicted octanol–water partition coefficient (Wildman–Crippen LogP) is 4.19. The van der Waals surface area contributed by atoms with Crippen molar-refractivity contribution in [1.29, 1.82) is 0 Å². The summed E-state index contributed by atoms with van der Waals surface area (Å²) in [5.74, 6) is 3.63. The molecule has 0 bridgehead atoms. The second-order valence-electron chi connectivity index (χ2n) is 4.51. The van der Waals surface area contributed by atoms with E-state index >= 15 is 0 Å². The number of halogens is 1. The van der Waals surface area contributed by atoms with Crippen LogP contribution in [0.25, 0.3) is 0 Å². The third kappa shape index (κ3) is 1.70. The Hall–Kier alpha value is -0.430. The van der Waals surface area contributed by atoms with Crippen molar-refractivity contribution in [2.24, 2.45) is 11.8 Å². The van der Waals surface area contributed by atoms with Crippen LogP contribution in [0.5, 0.6) is 0 Å². The summed E-state index contributed by atoms with van der Waals surface area (Å²) in [7, 11) is 0. The van der Waals surface area contributed by atoms with E-state index in [0.29, 0.717) is 0 Å². The summed E-state index contributed by atoms with van der Waals surface area (Å²) >= 11 is 3.49. The highest BCUT2D eigenvalue weighted by atomic mass is 79.9. The molecule has 0 aromatic heterocycles. The van der Waals surface area contributed by atoms with Gasteiger partial charge in [-0.05, 0) is 41.6 Å². The molecule has 0 nitrogen and oxygen atoms in total. The molecule has 0 atom stereocenters. The summed E-state index contributed by atoms with van der Waals surface area (Å²) < 4.78 is 1.19. The molecular weight excluding hydrogens is 236 g/mol. The van der Waals surface area contributed by atoms with Gasteiger partial charge in [0, 0.05) is 46.5 Å². The fraction of sp³-hybridized carbons (Fsp3) is 0.462. The van der Waals surface area contributed by atoms with E-state index in [2.05, 4.69) is 40.2 Å². The van der Waals surface area contributed by atoms with E-state index in [1.54, 1.807) is 5.92 Å². The van der Waals surface area contributed by atoms with Gasteiger partial charge >= 0.3 is 0 Å². The Kier molecular flexibility index (Phi) is 2.09. The summed E-state index contributed by atoms with van der Waals surface area (Å²) in [5, 5.41) is 0. The lowest BCUT2D eigenvalue weighted by molar-refractivity contribution is 0.736. The molecule has 2 fully saturated rings. The van der Waals surface area contributed by atoms with E-state index in [-0.39, 0.29) is 0 Å². The lowest BCUT2D eigenvalue weighted by atomic mass is 9.90. The van der Waals surface area contributed by atoms with Gasteiger partial charge in [0.1, 0.15) is 5.56 Å². The minimum Gasteiger partial charge on any atom is -0.0483 e. The van der Waals surface area contributed by atoms with Crippen molar-refractivity contribution in [1.82, 2.24) is 0 Å². The van der Waals surface area contributed by atoms with Crippen LogP contribution in [0.2, 0.25) is 0 Å². The highest BCUT2D eigenvalue weighted by Gasteiger charge is 2.47. The maximum atomic E-state index is 3.49. The summed E-state index contributed by atoms with van der Waals surface area (Å²) in [5.41, 5.74) is 1.50. The van der Waals surface area contributed by atoms with Gasteiger partial charge in [-0.2, -0.15) is 0 Å². The predicted molar refractivity (Wildman–Crippen MR) is 61.9 cm³/mol. The molecule has 1 aromatic carbocycles. The molecule has 0 spiro atoms. The molecule has 14 heavy (non-hydrogen) atoms. The molecule has 0 heterocycles. The minimum atomic E-state index is 0.934. The Labute approximate surface area is 93.8 Å². The number of benzene rings is 1. The van der Waals surface area contributed by atoms with E-state index in [1.807, 2.05) is 0 Å². The quantitative estimate of drug-likeness (QED) is 0.705. The Bertz CT molecular complexity index is 308. The maximum absolute atomic E-state index is 3.49. The van der Waals surface area contributed by atoms with Crippen molar-refractivity contribution in [2.45, 2.75) is 25.7 Å². The Balaban J connectivity index is 1.86. The molecule has 0 saturated heterocycles. The van der Waals surface area contributed by atoms with Crippen LogP contribution < -0.4 is 0 Å². The first-order chi connectivity index (χ1) is 6.84. The molecule has 0 aliphatic heterocycles. The topological polar surface area (TPSA) is 0 Å². The summed E-state index contributed by atoms with van der Waals surface area (Å²) in [6.45, 7) is 0. The molecule has 0 radical (unpaired) electrons. The van der Waals surface area contributed by atoms with Crippen LogP contribution in [0.3, 0.4) is 0 Å². The Morgan fingerprint density at radius 1 is 0.929 bits per heavy atom. The van der Waals surface area contributed by atoms with Crippen LogP contribution in [-0.4, -0.2) is 0 Å². The van der Waals surface area contributed by atoms with Crippen LogP contribution in [0.1, 0.15) is 31.2 Å². The zero-order valence-corrected chi connectivity index (χ0v) is 9.76. The highest BCUT2D eigenvalue weighted by molar-refractivity contribution is 9.10. The van der Waals surface area contributed by atoms with E-state index in [4.69, 9.17) is 0 Å². The molecule has 2 aliphatic carbocycles. The van der Waals surface area contributed by atoms with Crippen LogP contribution in [0, 0.1) is 17.8 Å². The average molecular weight is 250 g/mol. The zero-order chi connectivity index (χ0) is 9.54. The summed E-state index contributed by atoms with van der Waals surface area (Å²) in [6.07, 6.45) is 5.73. The molecule has 0 N–H and O–H groups in total. The van der Waals surface area contributed by atoms with E-state index < -0.39 is 0 Å². The molecular formula is C13H14Br+. The van der Waals surface area contributed by atoms with Gasteiger partial charge in [-0.25, -0.2) is 0 Å². The monoisotopic (exact) mass is 249 g/mol. The lowest BCUT2D eigenvalue weighted by Crippen LogP contribution is -2.04. The van der Waals surface area contributed by atoms with E-state index in [0.717, 1.165) is 11.8 Å².